The third kappa shape index (κ3) is 6.05. The number of hydrogen-bond donors (Lipinski definition) is 4. The highest BCUT2D eigenvalue weighted by Crippen LogP contribution is 2.23. The highest BCUT2D eigenvalue weighted by Gasteiger charge is 2.26. The lowest BCUT2D eigenvalue weighted by molar-refractivity contribution is -0.137. The van der Waals surface area contributed by atoms with E-state index in [0.717, 1.165) is 19.3 Å². The van der Waals surface area contributed by atoms with Crippen molar-refractivity contribution in [1.82, 2.24) is 0 Å². The first kappa shape index (κ1) is 15.3. The van der Waals surface area contributed by atoms with Crippen LogP contribution in [0, 0.1) is 5.41 Å². The quantitative estimate of drug-likeness (QED) is 0.409. The van der Waals surface area contributed by atoms with Gasteiger partial charge in [0.2, 0.25) is 0 Å². The Morgan fingerprint density at radius 3 is 1.81 bits per heavy atom. The standard InChI is InChI=1S/C11H22O5/c12-7-11(8-13,9-14)6-4-2-1-3-5-10(15)16/h12-14H,1-9H2,(H,15,16). The van der Waals surface area contributed by atoms with E-state index >= 15 is 0 Å². The Labute approximate surface area is 95.7 Å². The van der Waals surface area contributed by atoms with E-state index in [1.54, 1.807) is 0 Å². The fraction of sp³-hybridized carbons (Fsp3) is 0.909. The summed E-state index contributed by atoms with van der Waals surface area (Å²) in [4.78, 5) is 10.2. The normalized spacial score (nSPS) is 11.7. The average Bonchev–Trinajstić information content (AvgIpc) is 2.29. The molecule has 4 N–H and O–H groups in total. The molecule has 0 aromatic rings. The molecule has 0 aliphatic carbocycles. The number of unbranched alkanes of at least 4 members (excludes halogenated alkanes) is 3. The van der Waals surface area contributed by atoms with Crippen molar-refractivity contribution in [3.63, 3.8) is 0 Å². The van der Waals surface area contributed by atoms with Gasteiger partial charge in [0.15, 0.2) is 0 Å². The van der Waals surface area contributed by atoms with Crippen molar-refractivity contribution in [3.05, 3.63) is 0 Å². The number of carbonyl (C=O) groups is 1. The molecule has 0 saturated carbocycles. The van der Waals surface area contributed by atoms with Gasteiger partial charge in [-0.1, -0.05) is 19.3 Å². The number of aliphatic hydroxyl groups excluding tert-OH is 3. The van der Waals surface area contributed by atoms with E-state index in [4.69, 9.17) is 20.4 Å². The van der Waals surface area contributed by atoms with Gasteiger partial charge in [-0.3, -0.25) is 4.79 Å². The molecular weight excluding hydrogens is 212 g/mol. The van der Waals surface area contributed by atoms with Gasteiger partial charge < -0.3 is 20.4 Å². The van der Waals surface area contributed by atoms with Crippen LogP contribution >= 0.6 is 0 Å². The van der Waals surface area contributed by atoms with E-state index in [1.807, 2.05) is 0 Å². The minimum atomic E-state index is -0.785. The molecule has 96 valence electrons. The highest BCUT2D eigenvalue weighted by atomic mass is 16.4. The molecule has 0 saturated heterocycles. The Hall–Kier alpha value is -0.650. The van der Waals surface area contributed by atoms with Crippen LogP contribution < -0.4 is 0 Å². The van der Waals surface area contributed by atoms with Gasteiger partial charge in [-0.25, -0.2) is 0 Å². The van der Waals surface area contributed by atoms with Crippen LogP contribution in [0.3, 0.4) is 0 Å². The summed E-state index contributed by atoms with van der Waals surface area (Å²) in [5, 5.41) is 35.6. The lowest BCUT2D eigenvalue weighted by Crippen LogP contribution is -2.33. The van der Waals surface area contributed by atoms with Crippen LogP contribution in [0.1, 0.15) is 38.5 Å². The minimum Gasteiger partial charge on any atom is -0.481 e. The minimum absolute atomic E-state index is 0.186. The maximum atomic E-state index is 10.2. The van der Waals surface area contributed by atoms with Gasteiger partial charge in [-0.15, -0.1) is 0 Å². The molecule has 0 amide bonds. The van der Waals surface area contributed by atoms with Gasteiger partial charge >= 0.3 is 5.97 Å². The van der Waals surface area contributed by atoms with Crippen molar-refractivity contribution in [3.8, 4) is 0 Å². The highest BCUT2D eigenvalue weighted by molar-refractivity contribution is 5.66. The van der Waals surface area contributed by atoms with Crippen molar-refractivity contribution < 1.29 is 25.2 Å². The molecule has 5 heteroatoms. The van der Waals surface area contributed by atoms with E-state index in [-0.39, 0.29) is 26.2 Å². The van der Waals surface area contributed by atoms with Crippen LogP contribution in [-0.2, 0) is 4.79 Å². The first-order valence-electron chi connectivity index (χ1n) is 5.64. The zero-order chi connectivity index (χ0) is 12.4. The van der Waals surface area contributed by atoms with Gasteiger partial charge in [0.25, 0.3) is 0 Å². The van der Waals surface area contributed by atoms with E-state index in [9.17, 15) is 4.79 Å². The Kier molecular flexibility index (Phi) is 8.15. The number of hydrogen-bond acceptors (Lipinski definition) is 4. The molecule has 0 radical (unpaired) electrons. The lowest BCUT2D eigenvalue weighted by Gasteiger charge is -2.27. The Balaban J connectivity index is 3.59. The topological polar surface area (TPSA) is 98.0 Å². The van der Waals surface area contributed by atoms with Crippen molar-refractivity contribution in [1.29, 1.82) is 0 Å². The zero-order valence-corrected chi connectivity index (χ0v) is 9.56. The average molecular weight is 234 g/mol. The molecule has 0 fully saturated rings. The summed E-state index contributed by atoms with van der Waals surface area (Å²) in [6.45, 7) is -0.681. The summed E-state index contributed by atoms with van der Waals surface area (Å²) in [6, 6.07) is 0. The summed E-state index contributed by atoms with van der Waals surface area (Å²) in [6.07, 6.45) is 3.86. The van der Waals surface area contributed by atoms with Crippen LogP contribution in [-0.4, -0.2) is 46.2 Å². The van der Waals surface area contributed by atoms with Crippen LogP contribution in [0.5, 0.6) is 0 Å². The van der Waals surface area contributed by atoms with Gasteiger partial charge in [0.1, 0.15) is 0 Å². The zero-order valence-electron chi connectivity index (χ0n) is 9.56. The molecule has 0 bridgehead atoms. The fourth-order valence-corrected chi connectivity index (χ4v) is 1.52. The third-order valence-electron chi connectivity index (χ3n) is 2.85. The molecule has 0 aromatic heterocycles. The van der Waals surface area contributed by atoms with Crippen molar-refractivity contribution in [2.45, 2.75) is 38.5 Å². The molecular formula is C11H22O5. The molecule has 0 unspecified atom stereocenters. The summed E-state index contributed by atoms with van der Waals surface area (Å²) in [7, 11) is 0. The summed E-state index contributed by atoms with van der Waals surface area (Å²) in [5.41, 5.74) is -0.785. The van der Waals surface area contributed by atoms with E-state index in [0.29, 0.717) is 12.8 Å². The predicted octanol–water partition coefficient (Wildman–Crippen LogP) is 0.375. The number of carboxylic acid groups (broad SMARTS) is 1. The molecule has 16 heavy (non-hydrogen) atoms. The maximum Gasteiger partial charge on any atom is 0.303 e. The van der Waals surface area contributed by atoms with E-state index in [2.05, 4.69) is 0 Å². The second kappa shape index (κ2) is 8.50. The van der Waals surface area contributed by atoms with Crippen molar-refractivity contribution in [2.75, 3.05) is 19.8 Å². The number of aliphatic carboxylic acids is 1. The van der Waals surface area contributed by atoms with Crippen molar-refractivity contribution >= 4 is 5.97 Å². The maximum absolute atomic E-state index is 10.2. The number of aliphatic hydroxyl groups is 3. The Morgan fingerprint density at radius 2 is 1.38 bits per heavy atom. The van der Waals surface area contributed by atoms with Crippen LogP contribution in [0.25, 0.3) is 0 Å². The largest absolute Gasteiger partial charge is 0.481 e. The van der Waals surface area contributed by atoms with Crippen LogP contribution in [0.4, 0.5) is 0 Å². The molecule has 0 aromatic carbocycles. The fourth-order valence-electron chi connectivity index (χ4n) is 1.52. The van der Waals surface area contributed by atoms with Gasteiger partial charge in [-0.2, -0.15) is 0 Å². The molecule has 0 aliphatic rings. The smallest absolute Gasteiger partial charge is 0.303 e. The van der Waals surface area contributed by atoms with E-state index < -0.39 is 11.4 Å². The molecule has 0 rings (SSSR count). The van der Waals surface area contributed by atoms with E-state index in [1.165, 1.54) is 0 Å². The summed E-state index contributed by atoms with van der Waals surface area (Å²) in [5.74, 6) is -0.782. The SMILES string of the molecule is O=C(O)CCCCCCC(CO)(CO)CO. The molecule has 0 atom stereocenters. The van der Waals surface area contributed by atoms with Crippen molar-refractivity contribution in [2.24, 2.45) is 5.41 Å². The molecule has 0 heterocycles. The lowest BCUT2D eigenvalue weighted by atomic mass is 9.85. The third-order valence-corrected chi connectivity index (χ3v) is 2.85. The molecule has 5 nitrogen and oxygen atoms in total. The number of carboxylic acids is 1. The number of rotatable bonds is 10. The Bertz CT molecular complexity index is 181. The molecule has 0 aliphatic heterocycles. The van der Waals surface area contributed by atoms with Gasteiger partial charge in [-0.05, 0) is 12.8 Å². The van der Waals surface area contributed by atoms with Gasteiger partial charge in [0.05, 0.1) is 19.8 Å². The predicted molar refractivity (Wildman–Crippen MR) is 59.0 cm³/mol. The first-order chi connectivity index (χ1) is 7.60. The second-order valence-electron chi connectivity index (χ2n) is 4.28. The van der Waals surface area contributed by atoms with Crippen LogP contribution in [0.2, 0.25) is 0 Å². The summed E-state index contributed by atoms with van der Waals surface area (Å²) < 4.78 is 0. The monoisotopic (exact) mass is 234 g/mol. The first-order valence-corrected chi connectivity index (χ1v) is 5.64. The second-order valence-corrected chi connectivity index (χ2v) is 4.28. The Morgan fingerprint density at radius 1 is 0.875 bits per heavy atom. The molecule has 0 spiro atoms. The summed E-state index contributed by atoms with van der Waals surface area (Å²) >= 11 is 0. The van der Waals surface area contributed by atoms with Crippen LogP contribution in [0.15, 0.2) is 0 Å². The van der Waals surface area contributed by atoms with Gasteiger partial charge in [0, 0.05) is 11.8 Å².